The minimum atomic E-state index is -1.18. The summed E-state index contributed by atoms with van der Waals surface area (Å²) in [6.07, 6.45) is -3.28. The highest BCUT2D eigenvalue weighted by Gasteiger charge is 2.47. The Kier molecular flexibility index (Phi) is 4.86. The summed E-state index contributed by atoms with van der Waals surface area (Å²) in [5.74, 6) is -0.176. The van der Waals surface area contributed by atoms with Gasteiger partial charge in [0.2, 0.25) is 6.79 Å². The van der Waals surface area contributed by atoms with E-state index in [4.69, 9.17) is 28.4 Å². The second-order valence-electron chi connectivity index (χ2n) is 5.06. The van der Waals surface area contributed by atoms with Crippen molar-refractivity contribution in [1.29, 1.82) is 0 Å². The average Bonchev–Trinajstić information content (AvgIpc) is 3.21. The lowest BCUT2D eigenvalue weighted by Gasteiger charge is -2.13. The maximum atomic E-state index is 12.0. The first-order valence-corrected chi connectivity index (χ1v) is 7.67. The molecule has 3 rings (SSSR count). The molecule has 0 saturated carbocycles. The van der Waals surface area contributed by atoms with E-state index in [2.05, 4.69) is 0 Å². The molecule has 24 heavy (non-hydrogen) atoms. The van der Waals surface area contributed by atoms with Crippen molar-refractivity contribution in [2.45, 2.75) is 32.3 Å². The quantitative estimate of drug-likeness (QED) is 0.743. The molecule has 8 nitrogen and oxygen atoms in total. The molecule has 1 aromatic rings. The molecule has 0 amide bonds. The Morgan fingerprint density at radius 2 is 1.58 bits per heavy atom. The Morgan fingerprint density at radius 3 is 2.17 bits per heavy atom. The fourth-order valence-electron chi connectivity index (χ4n) is 2.47. The Labute approximate surface area is 138 Å². The fourth-order valence-corrected chi connectivity index (χ4v) is 2.47. The van der Waals surface area contributed by atoms with Crippen LogP contribution in [0.1, 0.15) is 25.7 Å². The van der Waals surface area contributed by atoms with Crippen LogP contribution in [0.15, 0.2) is 18.2 Å². The number of carbonyl (C=O) groups excluding carboxylic acids is 2. The van der Waals surface area contributed by atoms with E-state index >= 15 is 0 Å². The van der Waals surface area contributed by atoms with E-state index in [1.807, 2.05) is 0 Å². The zero-order valence-electron chi connectivity index (χ0n) is 13.4. The normalized spacial score (nSPS) is 22.4. The molecule has 2 atom stereocenters. The Hall–Kier alpha value is -2.32. The van der Waals surface area contributed by atoms with Crippen molar-refractivity contribution in [1.82, 2.24) is 0 Å². The summed E-state index contributed by atoms with van der Waals surface area (Å²) in [7, 11) is 0. The maximum Gasteiger partial charge on any atom is 0.338 e. The number of esters is 2. The van der Waals surface area contributed by atoms with Crippen LogP contribution in [0.5, 0.6) is 11.5 Å². The van der Waals surface area contributed by atoms with E-state index in [1.165, 1.54) is 0 Å². The lowest BCUT2D eigenvalue weighted by atomic mass is 10.2. The van der Waals surface area contributed by atoms with Gasteiger partial charge >= 0.3 is 11.9 Å². The molecule has 0 radical (unpaired) electrons. The first-order chi connectivity index (χ1) is 11.6. The van der Waals surface area contributed by atoms with Crippen molar-refractivity contribution in [2.75, 3.05) is 20.0 Å². The Bertz CT molecular complexity index is 603. The van der Waals surface area contributed by atoms with Gasteiger partial charge < -0.3 is 28.4 Å². The van der Waals surface area contributed by atoms with E-state index in [9.17, 15) is 9.59 Å². The predicted octanol–water partition coefficient (Wildman–Crippen LogP) is 1.32. The van der Waals surface area contributed by atoms with E-state index in [1.54, 1.807) is 32.0 Å². The number of rotatable bonds is 5. The largest absolute Gasteiger partial charge is 0.464 e. The fraction of sp³-hybridized carbons (Fsp3) is 0.500. The van der Waals surface area contributed by atoms with Gasteiger partial charge in [0.15, 0.2) is 30.0 Å². The third-order valence-corrected chi connectivity index (χ3v) is 3.52. The van der Waals surface area contributed by atoms with E-state index in [0.717, 1.165) is 0 Å². The van der Waals surface area contributed by atoms with Gasteiger partial charge in [-0.3, -0.25) is 0 Å². The third kappa shape index (κ3) is 3.15. The molecule has 1 saturated heterocycles. The standard InChI is InChI=1S/C16H18O8/c1-3-19-14(17)12-13(15(18)20-4-2)24-16(23-12)9-5-6-10-11(7-9)22-8-21-10/h5-7,12-13,16H,3-4,8H2,1-2H3/t12-,13-/m1/s1. The van der Waals surface area contributed by atoms with Gasteiger partial charge in [-0.25, -0.2) is 9.59 Å². The first kappa shape index (κ1) is 16.5. The van der Waals surface area contributed by atoms with Crippen LogP contribution in [0.3, 0.4) is 0 Å². The van der Waals surface area contributed by atoms with Gasteiger partial charge in [-0.2, -0.15) is 0 Å². The van der Waals surface area contributed by atoms with Crippen LogP contribution in [0.4, 0.5) is 0 Å². The van der Waals surface area contributed by atoms with Gasteiger partial charge in [-0.05, 0) is 32.0 Å². The molecule has 2 heterocycles. The summed E-state index contributed by atoms with van der Waals surface area (Å²) in [6, 6.07) is 5.11. The summed E-state index contributed by atoms with van der Waals surface area (Å²) in [5, 5.41) is 0. The second-order valence-corrected chi connectivity index (χ2v) is 5.06. The predicted molar refractivity (Wildman–Crippen MR) is 78.3 cm³/mol. The van der Waals surface area contributed by atoms with E-state index < -0.39 is 30.4 Å². The molecule has 1 fully saturated rings. The Morgan fingerprint density at radius 1 is 1.00 bits per heavy atom. The van der Waals surface area contributed by atoms with Gasteiger partial charge in [0.1, 0.15) is 0 Å². The summed E-state index contributed by atoms with van der Waals surface area (Å²) in [4.78, 5) is 24.1. The van der Waals surface area contributed by atoms with Gasteiger partial charge in [0.25, 0.3) is 0 Å². The van der Waals surface area contributed by atoms with Crippen molar-refractivity contribution >= 4 is 11.9 Å². The lowest BCUT2D eigenvalue weighted by molar-refractivity contribution is -0.163. The number of ether oxygens (including phenoxy) is 6. The molecule has 1 aromatic carbocycles. The van der Waals surface area contributed by atoms with Crippen LogP contribution in [0, 0.1) is 0 Å². The highest BCUT2D eigenvalue weighted by Crippen LogP contribution is 2.38. The summed E-state index contributed by atoms with van der Waals surface area (Å²) < 4.78 is 31.7. The lowest BCUT2D eigenvalue weighted by Crippen LogP contribution is -2.39. The molecule has 0 N–H and O–H groups in total. The average molecular weight is 338 g/mol. The van der Waals surface area contributed by atoms with Crippen molar-refractivity contribution < 1.29 is 38.0 Å². The molecule has 0 spiro atoms. The van der Waals surface area contributed by atoms with Crippen LogP contribution < -0.4 is 9.47 Å². The van der Waals surface area contributed by atoms with E-state index in [-0.39, 0.29) is 20.0 Å². The molecule has 130 valence electrons. The van der Waals surface area contributed by atoms with Gasteiger partial charge in [0, 0.05) is 5.56 Å². The highest BCUT2D eigenvalue weighted by atomic mass is 16.8. The van der Waals surface area contributed by atoms with Gasteiger partial charge in [-0.1, -0.05) is 0 Å². The van der Waals surface area contributed by atoms with Crippen molar-refractivity contribution in [3.63, 3.8) is 0 Å². The van der Waals surface area contributed by atoms with Crippen LogP contribution >= 0.6 is 0 Å². The highest BCUT2D eigenvalue weighted by molar-refractivity contribution is 5.86. The van der Waals surface area contributed by atoms with Gasteiger partial charge in [-0.15, -0.1) is 0 Å². The summed E-state index contributed by atoms with van der Waals surface area (Å²) >= 11 is 0. The molecule has 0 aromatic heterocycles. The molecule has 2 aliphatic heterocycles. The molecule has 0 aliphatic carbocycles. The van der Waals surface area contributed by atoms with Crippen molar-refractivity contribution in [2.24, 2.45) is 0 Å². The second kappa shape index (κ2) is 7.06. The molecular weight excluding hydrogens is 320 g/mol. The first-order valence-electron chi connectivity index (χ1n) is 7.67. The minimum absolute atomic E-state index is 0.141. The maximum absolute atomic E-state index is 12.0. The number of carbonyl (C=O) groups is 2. The van der Waals surface area contributed by atoms with Crippen LogP contribution in [0.25, 0.3) is 0 Å². The SMILES string of the molecule is CCOC(=O)[C@@H]1OC(c2ccc3c(c2)OCO3)O[C@H]1C(=O)OCC. The van der Waals surface area contributed by atoms with Gasteiger partial charge in [0.05, 0.1) is 13.2 Å². The number of fused-ring (bicyclic) bond motifs is 1. The van der Waals surface area contributed by atoms with Crippen LogP contribution in [-0.2, 0) is 28.5 Å². The zero-order chi connectivity index (χ0) is 17.1. The molecule has 2 aliphatic rings. The number of hydrogen-bond acceptors (Lipinski definition) is 8. The molecule has 0 bridgehead atoms. The topological polar surface area (TPSA) is 89.5 Å². The number of benzene rings is 1. The molecule has 8 heteroatoms. The molecular formula is C16H18O8. The summed E-state index contributed by atoms with van der Waals surface area (Å²) in [6.45, 7) is 3.82. The van der Waals surface area contributed by atoms with Crippen LogP contribution in [0.2, 0.25) is 0 Å². The van der Waals surface area contributed by atoms with E-state index in [0.29, 0.717) is 17.1 Å². The van der Waals surface area contributed by atoms with Crippen LogP contribution in [-0.4, -0.2) is 44.2 Å². The number of hydrogen-bond donors (Lipinski definition) is 0. The Balaban J connectivity index is 1.80. The smallest absolute Gasteiger partial charge is 0.338 e. The molecule has 0 unspecified atom stereocenters. The third-order valence-electron chi connectivity index (χ3n) is 3.52. The monoisotopic (exact) mass is 338 g/mol. The zero-order valence-corrected chi connectivity index (χ0v) is 13.4. The van der Waals surface area contributed by atoms with Crippen molar-refractivity contribution in [3.05, 3.63) is 23.8 Å². The minimum Gasteiger partial charge on any atom is -0.464 e. The van der Waals surface area contributed by atoms with Crippen molar-refractivity contribution in [3.8, 4) is 11.5 Å². The summed E-state index contributed by atoms with van der Waals surface area (Å²) in [5.41, 5.74) is 0.598.